The lowest BCUT2D eigenvalue weighted by atomic mass is 10.1. The van der Waals surface area contributed by atoms with Crippen molar-refractivity contribution in [3.05, 3.63) is 132 Å². The molecule has 42 heavy (non-hydrogen) atoms. The largest absolute Gasteiger partial charge is 0.325 e. The van der Waals surface area contributed by atoms with E-state index >= 15 is 0 Å². The predicted octanol–water partition coefficient (Wildman–Crippen LogP) is 6.81. The molecule has 0 fully saturated rings. The molecule has 0 saturated carbocycles. The zero-order chi connectivity index (χ0) is 29.9. The molecule has 3 amide bonds. The van der Waals surface area contributed by atoms with E-state index in [4.69, 9.17) is 0 Å². The summed E-state index contributed by atoms with van der Waals surface area (Å²) in [5, 5.41) is 8.13. The summed E-state index contributed by atoms with van der Waals surface area (Å²) in [6.07, 6.45) is 2.20. The number of nitrogens with one attached hydrogen (secondary N) is 3. The van der Waals surface area contributed by atoms with E-state index in [1.807, 2.05) is 49.4 Å². The zero-order valence-corrected chi connectivity index (χ0v) is 24.1. The molecular formula is C34H31N3O4S. The van der Waals surface area contributed by atoms with Gasteiger partial charge in [0.15, 0.2) is 5.78 Å². The number of carbonyl (C=O) groups is 4. The van der Waals surface area contributed by atoms with Crippen LogP contribution >= 0.6 is 11.8 Å². The van der Waals surface area contributed by atoms with Crippen LogP contribution in [0.1, 0.15) is 46.5 Å². The second-order valence-corrected chi connectivity index (χ2v) is 10.7. The van der Waals surface area contributed by atoms with Crippen LogP contribution in [0, 0.1) is 0 Å². The Labute approximate surface area is 249 Å². The molecule has 1 unspecified atom stereocenters. The predicted molar refractivity (Wildman–Crippen MR) is 168 cm³/mol. The standard InChI is InChI=1S/C34H31N3O4S/c1-3-31(34(41)35-27-19-17-25(18-20-27)23(2)38)42-29-16-10-15-28(22-29)36-33(40)30(21-24-11-6-4-7-12-24)37-32(39)26-13-8-5-9-14-26/h4-22,31H,3H2,1-2H3,(H,35,41)(H,36,40)(H,37,39)/b30-21-. The molecule has 7 nitrogen and oxygen atoms in total. The summed E-state index contributed by atoms with van der Waals surface area (Å²) < 4.78 is 0. The number of hydrogen-bond acceptors (Lipinski definition) is 5. The summed E-state index contributed by atoms with van der Waals surface area (Å²) in [6, 6.07) is 31.9. The number of anilines is 2. The van der Waals surface area contributed by atoms with Crippen LogP contribution < -0.4 is 16.0 Å². The van der Waals surface area contributed by atoms with Crippen molar-refractivity contribution in [2.45, 2.75) is 30.4 Å². The number of rotatable bonds is 11. The fourth-order valence-electron chi connectivity index (χ4n) is 4.00. The highest BCUT2D eigenvalue weighted by atomic mass is 32.2. The second-order valence-electron chi connectivity index (χ2n) is 9.41. The van der Waals surface area contributed by atoms with E-state index in [2.05, 4.69) is 16.0 Å². The first-order chi connectivity index (χ1) is 20.3. The topological polar surface area (TPSA) is 104 Å². The van der Waals surface area contributed by atoms with Crippen molar-refractivity contribution >= 4 is 52.7 Å². The summed E-state index contributed by atoms with van der Waals surface area (Å²) in [6.45, 7) is 3.42. The van der Waals surface area contributed by atoms with Gasteiger partial charge in [-0.3, -0.25) is 19.2 Å². The van der Waals surface area contributed by atoms with Crippen LogP contribution in [-0.4, -0.2) is 28.8 Å². The molecule has 0 bridgehead atoms. The Morgan fingerprint density at radius 1 is 0.738 bits per heavy atom. The van der Waals surface area contributed by atoms with E-state index in [0.29, 0.717) is 28.9 Å². The highest BCUT2D eigenvalue weighted by molar-refractivity contribution is 8.00. The van der Waals surface area contributed by atoms with Crippen molar-refractivity contribution in [3.63, 3.8) is 0 Å². The Morgan fingerprint density at radius 3 is 2.05 bits per heavy atom. The molecule has 0 aromatic heterocycles. The lowest BCUT2D eigenvalue weighted by Gasteiger charge is -2.16. The Morgan fingerprint density at radius 2 is 1.40 bits per heavy atom. The summed E-state index contributed by atoms with van der Waals surface area (Å²) in [5.74, 6) is -1.08. The average molecular weight is 578 g/mol. The van der Waals surface area contributed by atoms with Gasteiger partial charge in [0.1, 0.15) is 5.70 Å². The molecule has 0 heterocycles. The maximum absolute atomic E-state index is 13.4. The summed E-state index contributed by atoms with van der Waals surface area (Å²) in [5.41, 5.74) is 2.99. The zero-order valence-electron chi connectivity index (χ0n) is 23.3. The Balaban J connectivity index is 1.46. The number of carbonyl (C=O) groups excluding carboxylic acids is 4. The number of Topliss-reactive ketones (excluding diaryl/α,β-unsaturated/α-hetero) is 1. The molecule has 212 valence electrons. The lowest BCUT2D eigenvalue weighted by molar-refractivity contribution is -0.116. The minimum atomic E-state index is -0.482. The molecule has 0 aliphatic carbocycles. The van der Waals surface area contributed by atoms with Crippen LogP contribution in [0.4, 0.5) is 11.4 Å². The highest BCUT2D eigenvalue weighted by Crippen LogP contribution is 2.29. The van der Waals surface area contributed by atoms with Crippen molar-refractivity contribution in [1.29, 1.82) is 0 Å². The van der Waals surface area contributed by atoms with Gasteiger partial charge in [-0.1, -0.05) is 61.5 Å². The van der Waals surface area contributed by atoms with Gasteiger partial charge in [0.2, 0.25) is 5.91 Å². The minimum absolute atomic E-state index is 0.0388. The number of thioether (sulfide) groups is 1. The summed E-state index contributed by atoms with van der Waals surface area (Å²) in [7, 11) is 0. The number of hydrogen-bond donors (Lipinski definition) is 3. The van der Waals surface area contributed by atoms with E-state index in [9.17, 15) is 19.2 Å². The van der Waals surface area contributed by atoms with Gasteiger partial charge < -0.3 is 16.0 Å². The van der Waals surface area contributed by atoms with E-state index in [-0.39, 0.29) is 22.6 Å². The van der Waals surface area contributed by atoms with Crippen molar-refractivity contribution < 1.29 is 19.2 Å². The van der Waals surface area contributed by atoms with Crippen LogP contribution in [-0.2, 0) is 9.59 Å². The monoisotopic (exact) mass is 577 g/mol. The first kappa shape index (κ1) is 30.0. The van der Waals surface area contributed by atoms with E-state index in [0.717, 1.165) is 10.5 Å². The van der Waals surface area contributed by atoms with Crippen LogP contribution in [0.15, 0.2) is 120 Å². The molecule has 4 aromatic rings. The number of amides is 3. The van der Waals surface area contributed by atoms with Gasteiger partial charge in [-0.2, -0.15) is 0 Å². The van der Waals surface area contributed by atoms with E-state index in [1.165, 1.54) is 18.7 Å². The molecule has 4 rings (SSSR count). The molecule has 3 N–H and O–H groups in total. The molecular weight excluding hydrogens is 546 g/mol. The second kappa shape index (κ2) is 14.6. The van der Waals surface area contributed by atoms with Gasteiger partial charge in [0.25, 0.3) is 11.8 Å². The molecule has 1 atom stereocenters. The van der Waals surface area contributed by atoms with Crippen LogP contribution in [0.25, 0.3) is 6.08 Å². The minimum Gasteiger partial charge on any atom is -0.325 e. The molecule has 0 aliphatic rings. The van der Waals surface area contributed by atoms with Crippen molar-refractivity contribution in [3.8, 4) is 0 Å². The van der Waals surface area contributed by atoms with E-state index in [1.54, 1.807) is 72.8 Å². The quantitative estimate of drug-likeness (QED) is 0.103. The van der Waals surface area contributed by atoms with Crippen molar-refractivity contribution in [2.75, 3.05) is 10.6 Å². The maximum atomic E-state index is 13.4. The summed E-state index contributed by atoms with van der Waals surface area (Å²) in [4.78, 5) is 51.5. The molecule has 8 heteroatoms. The smallest absolute Gasteiger partial charge is 0.272 e. The van der Waals surface area contributed by atoms with Gasteiger partial charge in [-0.05, 0) is 79.6 Å². The first-order valence-corrected chi connectivity index (χ1v) is 14.3. The van der Waals surface area contributed by atoms with Gasteiger partial charge in [0, 0.05) is 27.4 Å². The normalized spacial score (nSPS) is 11.7. The van der Waals surface area contributed by atoms with Crippen LogP contribution in [0.3, 0.4) is 0 Å². The van der Waals surface area contributed by atoms with Gasteiger partial charge >= 0.3 is 0 Å². The maximum Gasteiger partial charge on any atom is 0.272 e. The third-order valence-electron chi connectivity index (χ3n) is 6.23. The third-order valence-corrected chi connectivity index (χ3v) is 7.59. The van der Waals surface area contributed by atoms with Crippen molar-refractivity contribution in [2.24, 2.45) is 0 Å². The molecule has 0 saturated heterocycles. The molecule has 4 aromatic carbocycles. The fourth-order valence-corrected chi connectivity index (χ4v) is 5.01. The third kappa shape index (κ3) is 8.52. The van der Waals surface area contributed by atoms with Gasteiger partial charge in [-0.15, -0.1) is 11.8 Å². The average Bonchev–Trinajstić information content (AvgIpc) is 3.00. The van der Waals surface area contributed by atoms with Crippen LogP contribution in [0.2, 0.25) is 0 Å². The summed E-state index contributed by atoms with van der Waals surface area (Å²) >= 11 is 1.38. The molecule has 0 spiro atoms. The highest BCUT2D eigenvalue weighted by Gasteiger charge is 2.19. The lowest BCUT2D eigenvalue weighted by Crippen LogP contribution is -2.30. The Hall–Kier alpha value is -4.95. The first-order valence-electron chi connectivity index (χ1n) is 13.5. The van der Waals surface area contributed by atoms with Gasteiger partial charge in [-0.25, -0.2) is 0 Å². The van der Waals surface area contributed by atoms with Gasteiger partial charge in [0.05, 0.1) is 5.25 Å². The number of benzene rings is 4. The number of ketones is 1. The Kier molecular flexibility index (Phi) is 10.4. The SMILES string of the molecule is CCC(Sc1cccc(NC(=O)/C(=C/c2ccccc2)NC(=O)c2ccccc2)c1)C(=O)Nc1ccc(C(C)=O)cc1. The molecule has 0 aliphatic heterocycles. The van der Waals surface area contributed by atoms with Crippen molar-refractivity contribution in [1.82, 2.24) is 5.32 Å². The van der Waals surface area contributed by atoms with E-state index < -0.39 is 11.8 Å². The Bertz CT molecular complexity index is 1590. The van der Waals surface area contributed by atoms with Crippen LogP contribution in [0.5, 0.6) is 0 Å². The molecule has 0 radical (unpaired) electrons. The fraction of sp³-hybridized carbons (Fsp3) is 0.118.